The van der Waals surface area contributed by atoms with Crippen LogP contribution < -0.4 is 14.8 Å². The summed E-state index contributed by atoms with van der Waals surface area (Å²) in [5, 5.41) is 2.85. The Morgan fingerprint density at radius 1 is 1.08 bits per heavy atom. The van der Waals surface area contributed by atoms with Crippen LogP contribution in [0.3, 0.4) is 0 Å². The molecule has 0 aliphatic heterocycles. The van der Waals surface area contributed by atoms with Crippen molar-refractivity contribution in [2.24, 2.45) is 0 Å². The second-order valence-electron chi connectivity index (χ2n) is 6.25. The van der Waals surface area contributed by atoms with E-state index in [0.717, 1.165) is 36.3 Å². The molecule has 1 atom stereocenters. The van der Waals surface area contributed by atoms with Crippen LogP contribution in [0.1, 0.15) is 38.3 Å². The molecular formula is C22H29NO3. The van der Waals surface area contributed by atoms with Gasteiger partial charge in [0.05, 0.1) is 6.54 Å². The highest BCUT2D eigenvalue weighted by Crippen LogP contribution is 2.19. The molecule has 2 rings (SSSR count). The largest absolute Gasteiger partial charge is 0.492 e. The summed E-state index contributed by atoms with van der Waals surface area (Å²) in [6.45, 7) is 6.86. The number of benzene rings is 2. The lowest BCUT2D eigenvalue weighted by atomic mass is 10.1. The van der Waals surface area contributed by atoms with Crippen molar-refractivity contribution in [3.63, 3.8) is 0 Å². The van der Waals surface area contributed by atoms with E-state index in [1.807, 2.05) is 36.4 Å². The molecule has 0 heterocycles. The predicted molar refractivity (Wildman–Crippen MR) is 105 cm³/mol. The highest BCUT2D eigenvalue weighted by molar-refractivity contribution is 5.80. The van der Waals surface area contributed by atoms with Gasteiger partial charge in [-0.1, -0.05) is 50.6 Å². The van der Waals surface area contributed by atoms with Crippen molar-refractivity contribution in [2.75, 3.05) is 13.2 Å². The maximum atomic E-state index is 12.2. The van der Waals surface area contributed by atoms with Crippen molar-refractivity contribution in [1.29, 1.82) is 0 Å². The summed E-state index contributed by atoms with van der Waals surface area (Å²) in [6.07, 6.45) is 2.54. The van der Waals surface area contributed by atoms with Gasteiger partial charge in [-0.2, -0.15) is 0 Å². The fourth-order valence-electron chi connectivity index (χ4n) is 2.68. The van der Waals surface area contributed by atoms with Gasteiger partial charge in [0.15, 0.2) is 6.10 Å². The molecule has 0 aliphatic rings. The second kappa shape index (κ2) is 10.5. The van der Waals surface area contributed by atoms with Crippen molar-refractivity contribution in [1.82, 2.24) is 5.32 Å². The number of nitrogens with one attached hydrogen (secondary N) is 1. The fraction of sp³-hybridized carbons (Fsp3) is 0.409. The number of aryl methyl sites for hydroxylation is 2. The topological polar surface area (TPSA) is 47.6 Å². The second-order valence-corrected chi connectivity index (χ2v) is 6.25. The number of rotatable bonds is 10. The van der Waals surface area contributed by atoms with Crippen LogP contribution in [-0.4, -0.2) is 25.2 Å². The van der Waals surface area contributed by atoms with E-state index in [-0.39, 0.29) is 5.91 Å². The number of hydrogen-bond donors (Lipinski definition) is 1. The standard InChI is InChI=1S/C22H29NO3/c1-4-8-18-11-13-20(14-12-18)25-16-15-23-22(24)17(3)26-21-10-7-6-9-19(21)5-2/h6-7,9-14,17H,4-5,8,15-16H2,1-3H3,(H,23,24). The Hall–Kier alpha value is -2.49. The van der Waals surface area contributed by atoms with Crippen molar-refractivity contribution >= 4 is 5.91 Å². The molecule has 4 heteroatoms. The highest BCUT2D eigenvalue weighted by atomic mass is 16.5. The Morgan fingerprint density at radius 3 is 2.50 bits per heavy atom. The third-order valence-corrected chi connectivity index (χ3v) is 4.16. The Morgan fingerprint density at radius 2 is 1.81 bits per heavy atom. The van der Waals surface area contributed by atoms with E-state index in [1.54, 1.807) is 6.92 Å². The summed E-state index contributed by atoms with van der Waals surface area (Å²) in [6, 6.07) is 15.9. The average Bonchev–Trinajstić information content (AvgIpc) is 2.67. The zero-order valence-electron chi connectivity index (χ0n) is 16.0. The minimum atomic E-state index is -0.545. The van der Waals surface area contributed by atoms with Gasteiger partial charge in [-0.05, 0) is 49.1 Å². The molecule has 0 saturated heterocycles. The molecule has 1 amide bonds. The van der Waals surface area contributed by atoms with E-state index >= 15 is 0 Å². The molecule has 0 fully saturated rings. The molecular weight excluding hydrogens is 326 g/mol. The van der Waals surface area contributed by atoms with Crippen LogP contribution in [0.5, 0.6) is 11.5 Å². The zero-order chi connectivity index (χ0) is 18.8. The number of carbonyl (C=O) groups excluding carboxylic acids is 1. The molecule has 0 radical (unpaired) electrons. The Balaban J connectivity index is 1.72. The van der Waals surface area contributed by atoms with Gasteiger partial charge < -0.3 is 14.8 Å². The van der Waals surface area contributed by atoms with Crippen molar-refractivity contribution in [3.05, 3.63) is 59.7 Å². The van der Waals surface area contributed by atoms with Gasteiger partial charge in [-0.15, -0.1) is 0 Å². The van der Waals surface area contributed by atoms with Gasteiger partial charge in [-0.25, -0.2) is 0 Å². The molecule has 0 aliphatic carbocycles. The molecule has 2 aromatic rings. The summed E-state index contributed by atoms with van der Waals surface area (Å²) in [4.78, 5) is 12.2. The minimum Gasteiger partial charge on any atom is -0.492 e. The summed E-state index contributed by atoms with van der Waals surface area (Å²) in [5.74, 6) is 1.44. The normalized spacial score (nSPS) is 11.7. The molecule has 0 bridgehead atoms. The summed E-state index contributed by atoms with van der Waals surface area (Å²) in [7, 11) is 0. The Labute approximate surface area is 156 Å². The lowest BCUT2D eigenvalue weighted by molar-refractivity contribution is -0.127. The average molecular weight is 355 g/mol. The van der Waals surface area contributed by atoms with Crippen LogP contribution in [-0.2, 0) is 17.6 Å². The lowest BCUT2D eigenvalue weighted by Gasteiger charge is -2.17. The van der Waals surface area contributed by atoms with E-state index < -0.39 is 6.10 Å². The third kappa shape index (κ3) is 6.10. The van der Waals surface area contributed by atoms with Crippen LogP contribution in [0, 0.1) is 0 Å². The van der Waals surface area contributed by atoms with Gasteiger partial charge >= 0.3 is 0 Å². The van der Waals surface area contributed by atoms with Crippen LogP contribution in [0.4, 0.5) is 0 Å². The molecule has 26 heavy (non-hydrogen) atoms. The number of ether oxygens (including phenoxy) is 2. The van der Waals surface area contributed by atoms with Gasteiger partial charge in [0, 0.05) is 0 Å². The highest BCUT2D eigenvalue weighted by Gasteiger charge is 2.15. The maximum absolute atomic E-state index is 12.2. The Bertz CT molecular complexity index is 682. The molecule has 1 unspecified atom stereocenters. The zero-order valence-corrected chi connectivity index (χ0v) is 16.0. The number of para-hydroxylation sites is 1. The third-order valence-electron chi connectivity index (χ3n) is 4.16. The molecule has 4 nitrogen and oxygen atoms in total. The number of hydrogen-bond acceptors (Lipinski definition) is 3. The quantitative estimate of drug-likeness (QED) is 0.651. The first-order valence-corrected chi connectivity index (χ1v) is 9.38. The van der Waals surface area contributed by atoms with Gasteiger partial charge in [0.2, 0.25) is 0 Å². The van der Waals surface area contributed by atoms with E-state index in [9.17, 15) is 4.79 Å². The minimum absolute atomic E-state index is 0.141. The molecule has 1 N–H and O–H groups in total. The van der Waals surface area contributed by atoms with E-state index in [0.29, 0.717) is 13.2 Å². The van der Waals surface area contributed by atoms with Gasteiger partial charge in [0.25, 0.3) is 5.91 Å². The lowest BCUT2D eigenvalue weighted by Crippen LogP contribution is -2.38. The van der Waals surface area contributed by atoms with E-state index in [2.05, 4.69) is 31.3 Å². The fourth-order valence-corrected chi connectivity index (χ4v) is 2.68. The predicted octanol–water partition coefficient (Wildman–Crippen LogP) is 4.16. The number of amides is 1. The summed E-state index contributed by atoms with van der Waals surface area (Å²) < 4.78 is 11.5. The summed E-state index contributed by atoms with van der Waals surface area (Å²) in [5.41, 5.74) is 2.41. The first-order chi connectivity index (χ1) is 12.6. The first-order valence-electron chi connectivity index (χ1n) is 9.38. The van der Waals surface area contributed by atoms with Gasteiger partial charge in [-0.3, -0.25) is 4.79 Å². The van der Waals surface area contributed by atoms with Crippen molar-refractivity contribution in [2.45, 2.75) is 46.1 Å². The molecule has 0 aromatic heterocycles. The van der Waals surface area contributed by atoms with Crippen LogP contribution >= 0.6 is 0 Å². The van der Waals surface area contributed by atoms with Crippen LogP contribution in [0.15, 0.2) is 48.5 Å². The molecule has 0 spiro atoms. The van der Waals surface area contributed by atoms with E-state index in [1.165, 1.54) is 5.56 Å². The smallest absolute Gasteiger partial charge is 0.260 e. The summed E-state index contributed by atoms with van der Waals surface area (Å²) >= 11 is 0. The van der Waals surface area contributed by atoms with Crippen LogP contribution in [0.2, 0.25) is 0 Å². The van der Waals surface area contributed by atoms with Crippen molar-refractivity contribution in [3.8, 4) is 11.5 Å². The SMILES string of the molecule is CCCc1ccc(OCCNC(=O)C(C)Oc2ccccc2CC)cc1. The number of carbonyl (C=O) groups is 1. The Kier molecular flexibility index (Phi) is 8.00. The van der Waals surface area contributed by atoms with E-state index in [4.69, 9.17) is 9.47 Å². The monoisotopic (exact) mass is 355 g/mol. The maximum Gasteiger partial charge on any atom is 0.260 e. The van der Waals surface area contributed by atoms with Crippen molar-refractivity contribution < 1.29 is 14.3 Å². The molecule has 0 saturated carbocycles. The van der Waals surface area contributed by atoms with Crippen LogP contribution in [0.25, 0.3) is 0 Å². The molecule has 140 valence electrons. The van der Waals surface area contributed by atoms with Gasteiger partial charge in [0.1, 0.15) is 18.1 Å². The first kappa shape index (κ1) is 19.8. The molecule has 2 aromatic carbocycles.